The number of thioether (sulfide) groups is 1. The summed E-state index contributed by atoms with van der Waals surface area (Å²) in [5.41, 5.74) is 6.44. The maximum Gasteiger partial charge on any atom is 0.387 e. The van der Waals surface area contributed by atoms with E-state index < -0.39 is 18.2 Å². The molecule has 0 aliphatic rings. The smallest absolute Gasteiger partial charge is 0.387 e. The van der Waals surface area contributed by atoms with Crippen molar-refractivity contribution in [3.63, 3.8) is 0 Å². The number of nitrogen functional groups attached to an aromatic ring is 1. The van der Waals surface area contributed by atoms with E-state index in [1.54, 1.807) is 18.8 Å². The summed E-state index contributed by atoms with van der Waals surface area (Å²) in [6.45, 7) is -1.08. The summed E-state index contributed by atoms with van der Waals surface area (Å²) < 4.78 is 42.1. The van der Waals surface area contributed by atoms with Crippen LogP contribution in [0.1, 0.15) is 13.3 Å². The molecule has 0 amide bonds. The molecule has 0 spiro atoms. The Morgan fingerprint density at radius 1 is 1.40 bits per heavy atom. The van der Waals surface area contributed by atoms with Crippen molar-refractivity contribution in [2.45, 2.75) is 26.0 Å². The number of rotatable bonds is 7. The Kier molecular flexibility index (Phi) is 6.32. The molecular formula is C13H19F3N2OS. The minimum Gasteiger partial charge on any atom is -0.432 e. The number of benzene rings is 1. The molecule has 20 heavy (non-hydrogen) atoms. The second-order valence-electron chi connectivity index (χ2n) is 4.46. The van der Waals surface area contributed by atoms with Crippen molar-refractivity contribution in [3.8, 4) is 5.75 Å². The first-order valence-corrected chi connectivity index (χ1v) is 7.51. The fourth-order valence-electron chi connectivity index (χ4n) is 1.77. The number of anilines is 2. The highest BCUT2D eigenvalue weighted by molar-refractivity contribution is 7.98. The molecule has 114 valence electrons. The fourth-order valence-corrected chi connectivity index (χ4v) is 2.35. The van der Waals surface area contributed by atoms with Gasteiger partial charge in [0.05, 0.1) is 11.4 Å². The van der Waals surface area contributed by atoms with Crippen molar-refractivity contribution in [1.29, 1.82) is 0 Å². The van der Waals surface area contributed by atoms with E-state index in [-0.39, 0.29) is 11.7 Å². The van der Waals surface area contributed by atoms with Gasteiger partial charge < -0.3 is 15.4 Å². The standard InChI is InChI=1S/C13H19F3N2OS/c1-8(4-5-20-3)18(2)11-7-12(19-13(15)16)9(14)6-10(11)17/h6-8,13H,4-5,17H2,1-3H3. The van der Waals surface area contributed by atoms with E-state index in [0.717, 1.165) is 18.2 Å². The van der Waals surface area contributed by atoms with Gasteiger partial charge in [0.2, 0.25) is 0 Å². The SMILES string of the molecule is CSCCC(C)N(C)c1cc(OC(F)F)c(F)cc1N. The van der Waals surface area contributed by atoms with Crippen LogP contribution in [0, 0.1) is 5.82 Å². The summed E-state index contributed by atoms with van der Waals surface area (Å²) >= 11 is 1.72. The van der Waals surface area contributed by atoms with Gasteiger partial charge in [-0.25, -0.2) is 4.39 Å². The Labute approximate surface area is 121 Å². The van der Waals surface area contributed by atoms with Crippen molar-refractivity contribution in [3.05, 3.63) is 17.9 Å². The molecule has 0 aromatic heterocycles. The molecule has 0 aliphatic heterocycles. The molecule has 1 aromatic carbocycles. The van der Waals surface area contributed by atoms with Gasteiger partial charge in [0.25, 0.3) is 0 Å². The van der Waals surface area contributed by atoms with Crippen LogP contribution in [0.5, 0.6) is 5.75 Å². The maximum atomic E-state index is 13.5. The van der Waals surface area contributed by atoms with Gasteiger partial charge >= 0.3 is 6.61 Å². The first-order valence-electron chi connectivity index (χ1n) is 6.12. The molecule has 0 radical (unpaired) electrons. The monoisotopic (exact) mass is 308 g/mol. The zero-order chi connectivity index (χ0) is 15.3. The molecule has 1 unspecified atom stereocenters. The maximum absolute atomic E-state index is 13.5. The minimum absolute atomic E-state index is 0.148. The molecule has 2 N–H and O–H groups in total. The zero-order valence-corrected chi connectivity index (χ0v) is 12.5. The van der Waals surface area contributed by atoms with Crippen molar-refractivity contribution in [2.24, 2.45) is 0 Å². The van der Waals surface area contributed by atoms with E-state index >= 15 is 0 Å². The van der Waals surface area contributed by atoms with Crippen LogP contribution in [0.2, 0.25) is 0 Å². The number of halogens is 3. The van der Waals surface area contributed by atoms with Crippen molar-refractivity contribution >= 4 is 23.1 Å². The largest absolute Gasteiger partial charge is 0.432 e. The fraction of sp³-hybridized carbons (Fsp3) is 0.538. The van der Waals surface area contributed by atoms with E-state index in [1.165, 1.54) is 6.07 Å². The summed E-state index contributed by atoms with van der Waals surface area (Å²) in [6.07, 6.45) is 2.91. The molecule has 3 nitrogen and oxygen atoms in total. The molecule has 0 saturated heterocycles. The van der Waals surface area contributed by atoms with E-state index in [9.17, 15) is 13.2 Å². The highest BCUT2D eigenvalue weighted by Crippen LogP contribution is 2.32. The van der Waals surface area contributed by atoms with Gasteiger partial charge in [0.1, 0.15) is 0 Å². The lowest BCUT2D eigenvalue weighted by Crippen LogP contribution is -2.30. The molecule has 0 heterocycles. The van der Waals surface area contributed by atoms with Crippen LogP contribution in [0.4, 0.5) is 24.5 Å². The summed E-state index contributed by atoms with van der Waals surface area (Å²) in [4.78, 5) is 1.84. The molecule has 0 fully saturated rings. The molecule has 0 saturated carbocycles. The van der Waals surface area contributed by atoms with Crippen molar-refractivity contribution in [2.75, 3.05) is 29.7 Å². The highest BCUT2D eigenvalue weighted by atomic mass is 32.2. The number of hydrogen-bond donors (Lipinski definition) is 1. The van der Waals surface area contributed by atoms with E-state index in [2.05, 4.69) is 4.74 Å². The second kappa shape index (κ2) is 7.52. The van der Waals surface area contributed by atoms with Crippen LogP contribution in [0.25, 0.3) is 0 Å². The first-order chi connectivity index (χ1) is 9.36. The van der Waals surface area contributed by atoms with Crippen LogP contribution < -0.4 is 15.4 Å². The number of nitrogens with zero attached hydrogens (tertiary/aromatic N) is 1. The van der Waals surface area contributed by atoms with Gasteiger partial charge in [-0.15, -0.1) is 0 Å². The normalized spacial score (nSPS) is 12.6. The molecule has 0 bridgehead atoms. The average molecular weight is 308 g/mol. The summed E-state index contributed by atoms with van der Waals surface area (Å²) in [7, 11) is 1.79. The van der Waals surface area contributed by atoms with Gasteiger partial charge in [0.15, 0.2) is 11.6 Å². The topological polar surface area (TPSA) is 38.5 Å². The van der Waals surface area contributed by atoms with Crippen molar-refractivity contribution < 1.29 is 17.9 Å². The summed E-state index contributed by atoms with van der Waals surface area (Å²) in [6, 6.07) is 2.37. The van der Waals surface area contributed by atoms with Crippen LogP contribution >= 0.6 is 11.8 Å². The summed E-state index contributed by atoms with van der Waals surface area (Å²) in [5, 5.41) is 0. The molecule has 1 atom stereocenters. The first kappa shape index (κ1) is 16.8. The molecular weight excluding hydrogens is 289 g/mol. The Morgan fingerprint density at radius 2 is 2.05 bits per heavy atom. The van der Waals surface area contributed by atoms with E-state index in [4.69, 9.17) is 5.73 Å². The van der Waals surface area contributed by atoms with E-state index in [1.807, 2.05) is 18.1 Å². The average Bonchev–Trinajstić information content (AvgIpc) is 2.37. The molecule has 1 rings (SSSR count). The van der Waals surface area contributed by atoms with Crippen LogP contribution in [-0.4, -0.2) is 31.7 Å². The number of nitrogens with two attached hydrogens (primary N) is 1. The third-order valence-electron chi connectivity index (χ3n) is 3.08. The summed E-state index contributed by atoms with van der Waals surface area (Å²) in [5.74, 6) is -0.419. The van der Waals surface area contributed by atoms with Gasteiger partial charge in [-0.2, -0.15) is 20.5 Å². The molecule has 7 heteroatoms. The third-order valence-corrected chi connectivity index (χ3v) is 3.72. The zero-order valence-electron chi connectivity index (χ0n) is 11.7. The van der Waals surface area contributed by atoms with Crippen LogP contribution in [-0.2, 0) is 0 Å². The Hall–Kier alpha value is -1.24. The van der Waals surface area contributed by atoms with Crippen LogP contribution in [0.15, 0.2) is 12.1 Å². The van der Waals surface area contributed by atoms with Crippen molar-refractivity contribution in [1.82, 2.24) is 0 Å². The Morgan fingerprint density at radius 3 is 2.60 bits per heavy atom. The predicted molar refractivity (Wildman–Crippen MR) is 78.3 cm³/mol. The molecule has 1 aromatic rings. The van der Waals surface area contributed by atoms with Gasteiger partial charge in [-0.1, -0.05) is 0 Å². The Balaban J connectivity index is 2.98. The van der Waals surface area contributed by atoms with E-state index in [0.29, 0.717) is 5.69 Å². The lowest BCUT2D eigenvalue weighted by Gasteiger charge is -2.28. The number of ether oxygens (including phenoxy) is 1. The van der Waals surface area contributed by atoms with Gasteiger partial charge in [-0.3, -0.25) is 0 Å². The Bertz CT molecular complexity index is 446. The van der Waals surface area contributed by atoms with Gasteiger partial charge in [-0.05, 0) is 25.4 Å². The van der Waals surface area contributed by atoms with Gasteiger partial charge in [0, 0.05) is 25.2 Å². The highest BCUT2D eigenvalue weighted by Gasteiger charge is 2.18. The lowest BCUT2D eigenvalue weighted by atomic mass is 10.1. The quantitative estimate of drug-likeness (QED) is 0.781. The predicted octanol–water partition coefficient (Wildman–Crippen LogP) is 3.59. The third kappa shape index (κ3) is 4.40. The number of alkyl halides is 2. The molecule has 0 aliphatic carbocycles. The lowest BCUT2D eigenvalue weighted by molar-refractivity contribution is -0.0521. The van der Waals surface area contributed by atoms with Crippen LogP contribution in [0.3, 0.4) is 0 Å². The second-order valence-corrected chi connectivity index (χ2v) is 5.45. The number of hydrogen-bond acceptors (Lipinski definition) is 4. The minimum atomic E-state index is -3.07.